The quantitative estimate of drug-likeness (QED) is 0.679. The van der Waals surface area contributed by atoms with E-state index in [0.717, 1.165) is 37.1 Å². The zero-order valence-electron chi connectivity index (χ0n) is 14.8. The van der Waals surface area contributed by atoms with Crippen LogP contribution in [-0.4, -0.2) is 54.8 Å². The number of nitrogens with two attached hydrogens (primary N) is 1. The van der Waals surface area contributed by atoms with E-state index in [9.17, 15) is 14.4 Å². The van der Waals surface area contributed by atoms with Crippen LogP contribution in [0.4, 0.5) is 0 Å². The van der Waals surface area contributed by atoms with Crippen LogP contribution in [0.2, 0.25) is 0 Å². The summed E-state index contributed by atoms with van der Waals surface area (Å²) in [6.45, 7) is 5.59. The Morgan fingerprint density at radius 3 is 2.44 bits per heavy atom. The fourth-order valence-corrected chi connectivity index (χ4v) is 2.88. The van der Waals surface area contributed by atoms with E-state index in [-0.39, 0.29) is 36.9 Å². The summed E-state index contributed by atoms with van der Waals surface area (Å²) in [5.74, 6) is -0.795. The number of aryl methyl sites for hydroxylation is 2. The van der Waals surface area contributed by atoms with E-state index in [1.165, 1.54) is 0 Å². The molecule has 4 N–H and O–H groups in total. The molecule has 0 aromatic heterocycles. The van der Waals surface area contributed by atoms with Crippen molar-refractivity contribution in [2.75, 3.05) is 26.2 Å². The summed E-state index contributed by atoms with van der Waals surface area (Å²) in [6.07, 6.45) is 1.54. The van der Waals surface area contributed by atoms with Crippen LogP contribution < -0.4 is 16.4 Å². The van der Waals surface area contributed by atoms with Gasteiger partial charge in [-0.15, -0.1) is 0 Å². The zero-order valence-corrected chi connectivity index (χ0v) is 14.8. The van der Waals surface area contributed by atoms with Crippen LogP contribution in [0, 0.1) is 13.8 Å². The molecule has 7 nitrogen and oxygen atoms in total. The van der Waals surface area contributed by atoms with Crippen LogP contribution in [0.25, 0.3) is 0 Å². The third kappa shape index (κ3) is 5.86. The van der Waals surface area contributed by atoms with Gasteiger partial charge in [-0.2, -0.15) is 0 Å². The highest BCUT2D eigenvalue weighted by Crippen LogP contribution is 2.10. The highest BCUT2D eigenvalue weighted by atomic mass is 16.2. The van der Waals surface area contributed by atoms with Crippen molar-refractivity contribution in [3.63, 3.8) is 0 Å². The fraction of sp³-hybridized carbons (Fsp3) is 0.500. The molecular formula is C18H26N4O3. The predicted molar refractivity (Wildman–Crippen MR) is 95.0 cm³/mol. The molecule has 25 heavy (non-hydrogen) atoms. The number of nitrogens with zero attached hydrogens (tertiary/aromatic N) is 1. The third-order valence-corrected chi connectivity index (χ3v) is 4.51. The van der Waals surface area contributed by atoms with Crippen LogP contribution in [0.1, 0.15) is 34.3 Å². The Morgan fingerprint density at radius 1 is 1.16 bits per heavy atom. The van der Waals surface area contributed by atoms with Gasteiger partial charge in [-0.25, -0.2) is 0 Å². The number of carbonyl (C=O) groups excluding carboxylic acids is 3. The van der Waals surface area contributed by atoms with E-state index < -0.39 is 0 Å². The molecule has 1 aromatic rings. The number of hydrogen-bond donors (Lipinski definition) is 3. The van der Waals surface area contributed by atoms with Gasteiger partial charge in [0.2, 0.25) is 11.8 Å². The molecule has 3 amide bonds. The summed E-state index contributed by atoms with van der Waals surface area (Å²) in [5, 5.41) is 5.57. The fourth-order valence-electron chi connectivity index (χ4n) is 2.88. The molecule has 1 heterocycles. The van der Waals surface area contributed by atoms with Crippen LogP contribution in [0.15, 0.2) is 18.2 Å². The molecule has 0 bridgehead atoms. The Kier molecular flexibility index (Phi) is 6.52. The molecule has 0 atom stereocenters. The number of piperidine rings is 1. The van der Waals surface area contributed by atoms with Crippen LogP contribution >= 0.6 is 0 Å². The molecule has 136 valence electrons. The first kappa shape index (κ1) is 18.9. The van der Waals surface area contributed by atoms with Gasteiger partial charge in [0, 0.05) is 24.7 Å². The second kappa shape index (κ2) is 8.62. The predicted octanol–water partition coefficient (Wildman–Crippen LogP) is 0.0991. The first-order valence-electron chi connectivity index (χ1n) is 8.50. The summed E-state index contributed by atoms with van der Waals surface area (Å²) in [7, 11) is 0. The molecular weight excluding hydrogens is 320 g/mol. The second-order valence-corrected chi connectivity index (χ2v) is 6.57. The molecule has 2 rings (SSSR count). The molecule has 1 saturated heterocycles. The topological polar surface area (TPSA) is 105 Å². The number of hydrogen-bond acceptors (Lipinski definition) is 4. The number of amides is 3. The van der Waals surface area contributed by atoms with Gasteiger partial charge in [0.25, 0.3) is 5.91 Å². The second-order valence-electron chi connectivity index (χ2n) is 6.57. The largest absolute Gasteiger partial charge is 0.369 e. The average Bonchev–Trinajstić information content (AvgIpc) is 2.56. The van der Waals surface area contributed by atoms with Crippen molar-refractivity contribution in [2.24, 2.45) is 5.73 Å². The smallest absolute Gasteiger partial charge is 0.251 e. The number of benzene rings is 1. The Balaban J connectivity index is 1.73. The lowest BCUT2D eigenvalue weighted by Gasteiger charge is -2.31. The minimum Gasteiger partial charge on any atom is -0.369 e. The van der Waals surface area contributed by atoms with E-state index in [1.807, 2.05) is 30.9 Å². The first-order chi connectivity index (χ1) is 11.8. The molecule has 7 heteroatoms. The lowest BCUT2D eigenvalue weighted by molar-refractivity contribution is -0.122. The summed E-state index contributed by atoms with van der Waals surface area (Å²) in [5.41, 5.74) is 7.90. The van der Waals surface area contributed by atoms with Gasteiger partial charge < -0.3 is 16.4 Å². The number of primary amides is 1. The Hall–Kier alpha value is -2.41. The number of rotatable bonds is 6. The molecule has 0 unspecified atom stereocenters. The molecule has 1 fully saturated rings. The minimum atomic E-state index is -0.337. The average molecular weight is 346 g/mol. The SMILES string of the molecule is Cc1ccc(C(=O)NCC(=O)NC2CCN(CC(N)=O)CC2)cc1C. The maximum Gasteiger partial charge on any atom is 0.251 e. The van der Waals surface area contributed by atoms with E-state index in [2.05, 4.69) is 10.6 Å². The van der Waals surface area contributed by atoms with Gasteiger partial charge in [-0.1, -0.05) is 6.07 Å². The summed E-state index contributed by atoms with van der Waals surface area (Å²) in [4.78, 5) is 37.0. The number of carbonyl (C=O) groups is 3. The van der Waals surface area contributed by atoms with Crippen molar-refractivity contribution in [3.05, 3.63) is 34.9 Å². The minimum absolute atomic E-state index is 0.0484. The maximum atomic E-state index is 12.1. The van der Waals surface area contributed by atoms with E-state index in [1.54, 1.807) is 6.07 Å². The molecule has 0 aliphatic carbocycles. The van der Waals surface area contributed by atoms with Gasteiger partial charge >= 0.3 is 0 Å². The van der Waals surface area contributed by atoms with Crippen LogP contribution in [0.3, 0.4) is 0 Å². The highest BCUT2D eigenvalue weighted by molar-refractivity contribution is 5.96. The van der Waals surface area contributed by atoms with Gasteiger partial charge in [0.05, 0.1) is 13.1 Å². The molecule has 0 saturated carbocycles. The lowest BCUT2D eigenvalue weighted by Crippen LogP contribution is -2.48. The summed E-state index contributed by atoms with van der Waals surface area (Å²) >= 11 is 0. The number of nitrogens with one attached hydrogen (secondary N) is 2. The van der Waals surface area contributed by atoms with Crippen molar-refractivity contribution in [1.29, 1.82) is 0 Å². The molecule has 0 spiro atoms. The van der Waals surface area contributed by atoms with Crippen LogP contribution in [-0.2, 0) is 9.59 Å². The number of likely N-dealkylation sites (tertiary alicyclic amines) is 1. The molecule has 1 aliphatic heterocycles. The highest BCUT2D eigenvalue weighted by Gasteiger charge is 2.21. The normalized spacial score (nSPS) is 15.6. The van der Waals surface area contributed by atoms with Gasteiger partial charge in [0.15, 0.2) is 0 Å². The van der Waals surface area contributed by atoms with Crippen molar-refractivity contribution in [2.45, 2.75) is 32.7 Å². The standard InChI is InChI=1S/C18H26N4O3/c1-12-3-4-14(9-13(12)2)18(25)20-10-17(24)21-15-5-7-22(8-6-15)11-16(19)23/h3-4,9,15H,5-8,10-11H2,1-2H3,(H2,19,23)(H,20,25)(H,21,24). The van der Waals surface area contributed by atoms with Crippen molar-refractivity contribution in [3.8, 4) is 0 Å². The van der Waals surface area contributed by atoms with Crippen molar-refractivity contribution in [1.82, 2.24) is 15.5 Å². The van der Waals surface area contributed by atoms with E-state index >= 15 is 0 Å². The maximum absolute atomic E-state index is 12.1. The van der Waals surface area contributed by atoms with Gasteiger partial charge in [-0.05, 0) is 49.9 Å². The molecule has 1 aromatic carbocycles. The summed E-state index contributed by atoms with van der Waals surface area (Å²) < 4.78 is 0. The van der Waals surface area contributed by atoms with E-state index in [0.29, 0.717) is 5.56 Å². The molecule has 1 aliphatic rings. The monoisotopic (exact) mass is 346 g/mol. The summed E-state index contributed by atoms with van der Waals surface area (Å²) in [6, 6.07) is 5.53. The van der Waals surface area contributed by atoms with Gasteiger partial charge in [-0.3, -0.25) is 19.3 Å². The lowest BCUT2D eigenvalue weighted by atomic mass is 10.0. The first-order valence-corrected chi connectivity index (χ1v) is 8.50. The third-order valence-electron chi connectivity index (χ3n) is 4.51. The van der Waals surface area contributed by atoms with Crippen LogP contribution in [0.5, 0.6) is 0 Å². The van der Waals surface area contributed by atoms with Crippen molar-refractivity contribution >= 4 is 17.7 Å². The van der Waals surface area contributed by atoms with Crippen molar-refractivity contribution < 1.29 is 14.4 Å². The van der Waals surface area contributed by atoms with E-state index in [4.69, 9.17) is 5.73 Å². The molecule has 0 radical (unpaired) electrons. The Bertz CT molecular complexity index is 652. The zero-order chi connectivity index (χ0) is 18.4. The Morgan fingerprint density at radius 2 is 1.84 bits per heavy atom. The Labute approximate surface area is 147 Å². The van der Waals surface area contributed by atoms with Gasteiger partial charge in [0.1, 0.15) is 0 Å².